The summed E-state index contributed by atoms with van der Waals surface area (Å²) in [4.78, 5) is 23.2. The topological polar surface area (TPSA) is 58.1 Å². The predicted octanol–water partition coefficient (Wildman–Crippen LogP) is 4.46. The van der Waals surface area contributed by atoms with E-state index in [2.05, 4.69) is 15.3 Å². The van der Waals surface area contributed by atoms with Gasteiger partial charge in [-0.05, 0) is 43.3 Å². The van der Waals surface area contributed by atoms with Crippen molar-refractivity contribution in [2.24, 2.45) is 0 Å². The summed E-state index contributed by atoms with van der Waals surface area (Å²) in [6, 6.07) is 18.4. The lowest BCUT2D eigenvalue weighted by Crippen LogP contribution is -2.19. The molecule has 0 unspecified atom stereocenters. The second-order valence-corrected chi connectivity index (χ2v) is 5.99. The normalized spacial score (nSPS) is 10.4. The van der Waals surface area contributed by atoms with Crippen molar-refractivity contribution in [2.45, 2.75) is 6.92 Å². The van der Waals surface area contributed by atoms with Gasteiger partial charge in [0.15, 0.2) is 0 Å². The maximum atomic E-state index is 12.5. The molecule has 3 aromatic rings. The van der Waals surface area contributed by atoms with Gasteiger partial charge in [0.05, 0.1) is 0 Å². The van der Waals surface area contributed by atoms with Gasteiger partial charge in [-0.1, -0.05) is 35.9 Å². The van der Waals surface area contributed by atoms with Gasteiger partial charge in [-0.25, -0.2) is 9.97 Å². The third kappa shape index (κ3) is 4.14. The monoisotopic (exact) mass is 352 g/mol. The maximum Gasteiger partial charge on any atom is 0.274 e. The average Bonchev–Trinajstić information content (AvgIpc) is 2.61. The van der Waals surface area contributed by atoms with Crippen molar-refractivity contribution in [3.63, 3.8) is 0 Å². The number of carbonyl (C=O) groups excluding carboxylic acids is 1. The van der Waals surface area contributed by atoms with Gasteiger partial charge in [0.2, 0.25) is 5.95 Å². The molecule has 0 radical (unpaired) electrons. The highest BCUT2D eigenvalue weighted by atomic mass is 35.5. The van der Waals surface area contributed by atoms with Crippen molar-refractivity contribution in [1.82, 2.24) is 9.97 Å². The number of nitrogens with zero attached hydrogens (tertiary/aromatic N) is 3. The molecule has 1 aromatic heterocycles. The molecule has 126 valence electrons. The number of rotatable bonds is 4. The number of benzene rings is 2. The number of aromatic nitrogens is 2. The largest absolute Gasteiger partial charge is 0.321 e. The SMILES string of the molecule is Cc1cc(C(=O)Nc2cccc(Cl)c2)nc(N(C)c2ccccc2)n1. The van der Waals surface area contributed by atoms with E-state index in [1.807, 2.05) is 49.2 Å². The fourth-order valence-corrected chi connectivity index (χ4v) is 2.54. The Bertz CT molecular complexity index is 899. The van der Waals surface area contributed by atoms with Crippen molar-refractivity contribution in [3.8, 4) is 0 Å². The zero-order valence-corrected chi connectivity index (χ0v) is 14.7. The summed E-state index contributed by atoms with van der Waals surface area (Å²) in [5.41, 5.74) is 2.57. The molecule has 1 N–H and O–H groups in total. The van der Waals surface area contributed by atoms with Crippen molar-refractivity contribution in [2.75, 3.05) is 17.3 Å². The standard InChI is InChI=1S/C19H17ClN4O/c1-13-11-17(18(25)22-15-8-6-7-14(20)12-15)23-19(21-13)24(2)16-9-4-3-5-10-16/h3-12H,1-2H3,(H,22,25). The summed E-state index contributed by atoms with van der Waals surface area (Å²) < 4.78 is 0. The molecule has 2 aromatic carbocycles. The summed E-state index contributed by atoms with van der Waals surface area (Å²) in [6.45, 7) is 1.83. The molecular formula is C19H17ClN4O. The molecule has 6 heteroatoms. The Hall–Kier alpha value is -2.92. The fraction of sp³-hybridized carbons (Fsp3) is 0.105. The third-order valence-corrected chi connectivity index (χ3v) is 3.84. The Morgan fingerprint density at radius 2 is 1.80 bits per heavy atom. The minimum Gasteiger partial charge on any atom is -0.321 e. The van der Waals surface area contributed by atoms with Crippen LogP contribution in [0.15, 0.2) is 60.7 Å². The Morgan fingerprint density at radius 1 is 1.04 bits per heavy atom. The van der Waals surface area contributed by atoms with Crippen LogP contribution in [-0.4, -0.2) is 22.9 Å². The van der Waals surface area contributed by atoms with E-state index in [-0.39, 0.29) is 5.91 Å². The number of aryl methyl sites for hydroxylation is 1. The second-order valence-electron chi connectivity index (χ2n) is 5.55. The van der Waals surface area contributed by atoms with Crippen LogP contribution in [0.1, 0.15) is 16.2 Å². The van der Waals surface area contributed by atoms with Crippen LogP contribution < -0.4 is 10.2 Å². The van der Waals surface area contributed by atoms with Crippen LogP contribution in [0.2, 0.25) is 5.02 Å². The minimum absolute atomic E-state index is 0.297. The van der Waals surface area contributed by atoms with Crippen LogP contribution in [0.25, 0.3) is 0 Å². The fourth-order valence-electron chi connectivity index (χ4n) is 2.35. The summed E-state index contributed by atoms with van der Waals surface area (Å²) >= 11 is 5.95. The number of hydrogen-bond acceptors (Lipinski definition) is 4. The summed E-state index contributed by atoms with van der Waals surface area (Å²) in [6.07, 6.45) is 0. The lowest BCUT2D eigenvalue weighted by atomic mass is 10.2. The van der Waals surface area contributed by atoms with E-state index in [0.717, 1.165) is 5.69 Å². The van der Waals surface area contributed by atoms with E-state index in [1.54, 1.807) is 30.3 Å². The summed E-state index contributed by atoms with van der Waals surface area (Å²) in [5.74, 6) is 0.151. The lowest BCUT2D eigenvalue weighted by molar-refractivity contribution is 0.102. The molecule has 0 atom stereocenters. The molecule has 25 heavy (non-hydrogen) atoms. The van der Waals surface area contributed by atoms with E-state index in [9.17, 15) is 4.79 Å². The molecule has 0 saturated heterocycles. The molecule has 1 amide bonds. The molecule has 3 rings (SSSR count). The Balaban J connectivity index is 1.87. The molecule has 0 saturated carbocycles. The first-order chi connectivity index (χ1) is 12.0. The number of para-hydroxylation sites is 1. The van der Waals surface area contributed by atoms with Gasteiger partial charge in [0.25, 0.3) is 5.91 Å². The lowest BCUT2D eigenvalue weighted by Gasteiger charge is -2.18. The summed E-state index contributed by atoms with van der Waals surface area (Å²) in [7, 11) is 1.86. The highest BCUT2D eigenvalue weighted by Crippen LogP contribution is 2.21. The van der Waals surface area contributed by atoms with E-state index >= 15 is 0 Å². The van der Waals surface area contributed by atoms with Gasteiger partial charge in [-0.3, -0.25) is 4.79 Å². The van der Waals surface area contributed by atoms with Gasteiger partial charge < -0.3 is 10.2 Å². The van der Waals surface area contributed by atoms with Crippen LogP contribution in [0, 0.1) is 6.92 Å². The average molecular weight is 353 g/mol. The van der Waals surface area contributed by atoms with E-state index < -0.39 is 0 Å². The number of carbonyl (C=O) groups is 1. The Morgan fingerprint density at radius 3 is 2.52 bits per heavy atom. The predicted molar refractivity (Wildman–Crippen MR) is 101 cm³/mol. The van der Waals surface area contributed by atoms with Crippen LogP contribution in [0.4, 0.5) is 17.3 Å². The third-order valence-electron chi connectivity index (χ3n) is 3.60. The zero-order chi connectivity index (χ0) is 17.8. The molecule has 5 nitrogen and oxygen atoms in total. The van der Waals surface area contributed by atoms with Crippen molar-refractivity contribution >= 4 is 34.8 Å². The van der Waals surface area contributed by atoms with Crippen molar-refractivity contribution < 1.29 is 4.79 Å². The van der Waals surface area contributed by atoms with E-state index in [4.69, 9.17) is 11.6 Å². The summed E-state index contributed by atoms with van der Waals surface area (Å²) in [5, 5.41) is 3.36. The van der Waals surface area contributed by atoms with Crippen molar-refractivity contribution in [1.29, 1.82) is 0 Å². The van der Waals surface area contributed by atoms with Crippen LogP contribution >= 0.6 is 11.6 Å². The molecular weight excluding hydrogens is 336 g/mol. The van der Waals surface area contributed by atoms with Crippen LogP contribution in [-0.2, 0) is 0 Å². The van der Waals surface area contributed by atoms with Gasteiger partial charge in [-0.15, -0.1) is 0 Å². The Labute approximate surface area is 151 Å². The number of amides is 1. The van der Waals surface area contributed by atoms with E-state index in [1.165, 1.54) is 0 Å². The molecule has 0 aliphatic rings. The first-order valence-electron chi connectivity index (χ1n) is 7.74. The maximum absolute atomic E-state index is 12.5. The zero-order valence-electron chi connectivity index (χ0n) is 13.9. The van der Waals surface area contributed by atoms with E-state index in [0.29, 0.717) is 28.0 Å². The molecule has 0 bridgehead atoms. The highest BCUT2D eigenvalue weighted by molar-refractivity contribution is 6.30. The highest BCUT2D eigenvalue weighted by Gasteiger charge is 2.14. The van der Waals surface area contributed by atoms with Gasteiger partial charge in [0.1, 0.15) is 5.69 Å². The van der Waals surface area contributed by atoms with Gasteiger partial charge >= 0.3 is 0 Å². The minimum atomic E-state index is -0.310. The van der Waals surface area contributed by atoms with Crippen molar-refractivity contribution in [3.05, 3.63) is 77.1 Å². The van der Waals surface area contributed by atoms with Crippen LogP contribution in [0.3, 0.4) is 0 Å². The smallest absolute Gasteiger partial charge is 0.274 e. The first-order valence-corrected chi connectivity index (χ1v) is 8.12. The number of halogens is 1. The van der Waals surface area contributed by atoms with Crippen LogP contribution in [0.5, 0.6) is 0 Å². The molecule has 0 aliphatic heterocycles. The van der Waals surface area contributed by atoms with Gasteiger partial charge in [-0.2, -0.15) is 0 Å². The second kappa shape index (κ2) is 7.32. The molecule has 0 fully saturated rings. The number of hydrogen-bond donors (Lipinski definition) is 1. The number of nitrogens with one attached hydrogen (secondary N) is 1. The molecule has 0 spiro atoms. The number of anilines is 3. The molecule has 1 heterocycles. The first kappa shape index (κ1) is 16.9. The molecule has 0 aliphatic carbocycles. The Kier molecular flexibility index (Phi) is 4.95. The quantitative estimate of drug-likeness (QED) is 0.753. The van der Waals surface area contributed by atoms with Gasteiger partial charge in [0, 0.05) is 29.1 Å².